The molecule has 18 heavy (non-hydrogen) atoms. The molecule has 2 aromatic rings. The summed E-state index contributed by atoms with van der Waals surface area (Å²) in [6, 6.07) is 8.08. The Kier molecular flexibility index (Phi) is 3.49. The lowest BCUT2D eigenvalue weighted by atomic mass is 10.1. The molecule has 2 rings (SSSR count). The van der Waals surface area contributed by atoms with Gasteiger partial charge in [-0.15, -0.1) is 0 Å². The lowest BCUT2D eigenvalue weighted by Gasteiger charge is -2.15. The average Bonchev–Trinajstić information content (AvgIpc) is 2.39. The van der Waals surface area contributed by atoms with Crippen molar-refractivity contribution in [2.24, 2.45) is 0 Å². The monoisotopic (exact) mass is 242 g/mol. The Balaban J connectivity index is 2.22. The molecule has 0 bridgehead atoms. The molecule has 0 aliphatic rings. The summed E-state index contributed by atoms with van der Waals surface area (Å²) in [7, 11) is 0. The summed E-state index contributed by atoms with van der Waals surface area (Å²) in [6.07, 6.45) is 2.96. The molecule has 1 heterocycles. The lowest BCUT2D eigenvalue weighted by molar-refractivity contribution is 0.623. The highest BCUT2D eigenvalue weighted by Crippen LogP contribution is 2.19. The minimum absolute atomic E-state index is 0.163. The molecule has 1 aromatic heterocycles. The van der Waals surface area contributed by atoms with Gasteiger partial charge in [-0.3, -0.25) is 0 Å². The van der Waals surface area contributed by atoms with Crippen molar-refractivity contribution in [3.63, 3.8) is 0 Å². The standard InChI is InChI=1S/C13H11FN4/c1-9(10-3-2-4-11(14)7-10)18-13-12(8-15)16-5-6-17-13/h2-7,9H,1H3,(H,17,18). The molecule has 0 radical (unpaired) electrons. The van der Waals surface area contributed by atoms with Gasteiger partial charge >= 0.3 is 0 Å². The van der Waals surface area contributed by atoms with Crippen LogP contribution >= 0.6 is 0 Å². The summed E-state index contributed by atoms with van der Waals surface area (Å²) in [4.78, 5) is 7.95. The molecular weight excluding hydrogens is 231 g/mol. The van der Waals surface area contributed by atoms with Crippen molar-refractivity contribution in [1.82, 2.24) is 9.97 Å². The molecule has 0 saturated carbocycles. The van der Waals surface area contributed by atoms with Gasteiger partial charge in [0, 0.05) is 12.4 Å². The van der Waals surface area contributed by atoms with E-state index in [9.17, 15) is 4.39 Å². The van der Waals surface area contributed by atoms with Crippen molar-refractivity contribution in [3.05, 3.63) is 53.7 Å². The Bertz CT molecular complexity index is 592. The van der Waals surface area contributed by atoms with E-state index in [1.807, 2.05) is 19.1 Å². The molecule has 0 aliphatic heterocycles. The van der Waals surface area contributed by atoms with E-state index >= 15 is 0 Å². The van der Waals surface area contributed by atoms with E-state index in [4.69, 9.17) is 5.26 Å². The number of hydrogen-bond acceptors (Lipinski definition) is 4. The minimum Gasteiger partial charge on any atom is -0.361 e. The van der Waals surface area contributed by atoms with Gasteiger partial charge in [-0.05, 0) is 24.6 Å². The van der Waals surface area contributed by atoms with Crippen molar-refractivity contribution in [1.29, 1.82) is 5.26 Å². The van der Waals surface area contributed by atoms with Crippen LogP contribution in [0.15, 0.2) is 36.7 Å². The van der Waals surface area contributed by atoms with Crippen molar-refractivity contribution < 1.29 is 4.39 Å². The molecule has 1 atom stereocenters. The molecule has 5 heteroatoms. The molecule has 90 valence electrons. The summed E-state index contributed by atoms with van der Waals surface area (Å²) in [6.45, 7) is 1.87. The number of rotatable bonds is 3. The van der Waals surface area contributed by atoms with Crippen LogP contribution in [0.4, 0.5) is 10.2 Å². The minimum atomic E-state index is -0.291. The molecule has 1 N–H and O–H groups in total. The van der Waals surface area contributed by atoms with Gasteiger partial charge in [0.2, 0.25) is 0 Å². The highest BCUT2D eigenvalue weighted by Gasteiger charge is 2.10. The molecule has 4 nitrogen and oxygen atoms in total. The Hall–Kier alpha value is -2.48. The molecule has 0 saturated heterocycles. The largest absolute Gasteiger partial charge is 0.361 e. The molecule has 1 unspecified atom stereocenters. The van der Waals surface area contributed by atoms with Gasteiger partial charge in [0.05, 0.1) is 6.04 Å². The second-order valence-corrected chi connectivity index (χ2v) is 3.79. The van der Waals surface area contributed by atoms with E-state index in [-0.39, 0.29) is 17.6 Å². The Morgan fingerprint density at radius 2 is 2.11 bits per heavy atom. The molecule has 0 aliphatic carbocycles. The number of nitriles is 1. The fourth-order valence-electron chi connectivity index (χ4n) is 1.59. The van der Waals surface area contributed by atoms with Crippen LogP contribution in [0.1, 0.15) is 24.2 Å². The highest BCUT2D eigenvalue weighted by molar-refractivity contribution is 5.48. The van der Waals surface area contributed by atoms with E-state index in [0.717, 1.165) is 5.56 Å². The number of halogens is 1. The maximum Gasteiger partial charge on any atom is 0.182 e. The number of nitrogens with one attached hydrogen (secondary N) is 1. The van der Waals surface area contributed by atoms with Crippen LogP contribution in [0.5, 0.6) is 0 Å². The number of benzene rings is 1. The molecule has 0 amide bonds. The van der Waals surface area contributed by atoms with Crippen molar-refractivity contribution in [2.45, 2.75) is 13.0 Å². The van der Waals surface area contributed by atoms with Crippen molar-refractivity contribution in [3.8, 4) is 6.07 Å². The molecular formula is C13H11FN4. The van der Waals surface area contributed by atoms with Crippen LogP contribution in [0.3, 0.4) is 0 Å². The van der Waals surface area contributed by atoms with Gasteiger partial charge in [-0.1, -0.05) is 12.1 Å². The summed E-state index contributed by atoms with van der Waals surface area (Å²) in [5.41, 5.74) is 1.00. The fourth-order valence-corrected chi connectivity index (χ4v) is 1.59. The quantitative estimate of drug-likeness (QED) is 0.898. The van der Waals surface area contributed by atoms with Crippen molar-refractivity contribution >= 4 is 5.82 Å². The molecule has 0 spiro atoms. The first-order chi connectivity index (χ1) is 8.70. The van der Waals surface area contributed by atoms with E-state index in [0.29, 0.717) is 5.82 Å². The first-order valence-corrected chi connectivity index (χ1v) is 5.44. The van der Waals surface area contributed by atoms with Gasteiger partial charge in [0.1, 0.15) is 11.9 Å². The fraction of sp³-hybridized carbons (Fsp3) is 0.154. The van der Waals surface area contributed by atoms with Crippen LogP contribution in [0.25, 0.3) is 0 Å². The third-order valence-corrected chi connectivity index (χ3v) is 2.51. The Morgan fingerprint density at radius 3 is 2.83 bits per heavy atom. The topological polar surface area (TPSA) is 61.6 Å². The maximum atomic E-state index is 13.1. The highest BCUT2D eigenvalue weighted by atomic mass is 19.1. The summed E-state index contributed by atoms with van der Waals surface area (Å²) < 4.78 is 13.1. The lowest BCUT2D eigenvalue weighted by Crippen LogP contribution is -2.10. The van der Waals surface area contributed by atoms with Gasteiger partial charge < -0.3 is 5.32 Å². The molecule has 1 aromatic carbocycles. The van der Waals surface area contributed by atoms with Gasteiger partial charge in [-0.25, -0.2) is 14.4 Å². The van der Waals surface area contributed by atoms with Crippen LogP contribution < -0.4 is 5.32 Å². The first kappa shape index (κ1) is 12.0. The van der Waals surface area contributed by atoms with Crippen molar-refractivity contribution in [2.75, 3.05) is 5.32 Å². The van der Waals surface area contributed by atoms with E-state index in [2.05, 4.69) is 15.3 Å². The van der Waals surface area contributed by atoms with Gasteiger partial charge in [-0.2, -0.15) is 5.26 Å². The van der Waals surface area contributed by atoms with E-state index < -0.39 is 0 Å². The molecule has 0 fully saturated rings. The first-order valence-electron chi connectivity index (χ1n) is 5.44. The van der Waals surface area contributed by atoms with E-state index in [1.165, 1.54) is 24.5 Å². The van der Waals surface area contributed by atoms with Crippen LogP contribution in [-0.4, -0.2) is 9.97 Å². The summed E-state index contributed by atoms with van der Waals surface area (Å²) in [5, 5.41) is 11.9. The van der Waals surface area contributed by atoms with Gasteiger partial charge in [0.15, 0.2) is 11.5 Å². The number of nitrogens with zero attached hydrogens (tertiary/aromatic N) is 3. The second-order valence-electron chi connectivity index (χ2n) is 3.79. The zero-order valence-corrected chi connectivity index (χ0v) is 9.76. The zero-order valence-electron chi connectivity index (χ0n) is 9.76. The SMILES string of the molecule is CC(Nc1nccnc1C#N)c1cccc(F)c1. The second kappa shape index (κ2) is 5.23. The predicted octanol–water partition coefficient (Wildman–Crippen LogP) is 2.66. The predicted molar refractivity (Wildman–Crippen MR) is 65.2 cm³/mol. The van der Waals surface area contributed by atoms with E-state index in [1.54, 1.807) is 6.07 Å². The third kappa shape index (κ3) is 2.61. The number of anilines is 1. The Morgan fingerprint density at radius 1 is 1.33 bits per heavy atom. The van der Waals surface area contributed by atoms with Crippen LogP contribution in [0, 0.1) is 17.1 Å². The van der Waals surface area contributed by atoms with Gasteiger partial charge in [0.25, 0.3) is 0 Å². The third-order valence-electron chi connectivity index (χ3n) is 2.51. The van der Waals surface area contributed by atoms with Crippen LogP contribution in [0.2, 0.25) is 0 Å². The normalized spacial score (nSPS) is 11.6. The zero-order chi connectivity index (χ0) is 13.0. The summed E-state index contributed by atoms with van der Waals surface area (Å²) in [5.74, 6) is 0.109. The Labute approximate surface area is 104 Å². The van der Waals surface area contributed by atoms with Crippen LogP contribution in [-0.2, 0) is 0 Å². The summed E-state index contributed by atoms with van der Waals surface area (Å²) >= 11 is 0. The number of hydrogen-bond donors (Lipinski definition) is 1. The number of aromatic nitrogens is 2. The average molecular weight is 242 g/mol. The smallest absolute Gasteiger partial charge is 0.182 e. The maximum absolute atomic E-state index is 13.1.